The monoisotopic (exact) mass is 356 g/mol. The molecule has 0 aliphatic rings. The Morgan fingerprint density at radius 2 is 1.00 bits per heavy atom. The van der Waals surface area contributed by atoms with E-state index in [0.717, 1.165) is 0 Å². The van der Waals surface area contributed by atoms with E-state index in [1.54, 1.807) is 0 Å². The predicted octanol–water partition coefficient (Wildman–Crippen LogP) is 2.09. The molecule has 2 heteroatoms. The van der Waals surface area contributed by atoms with Gasteiger partial charge in [0.2, 0.25) is 0 Å². The Bertz CT molecular complexity index is 641. The van der Waals surface area contributed by atoms with Gasteiger partial charge < -0.3 is 17.0 Å². The van der Waals surface area contributed by atoms with Crippen LogP contribution < -0.4 is 17.0 Å². The van der Waals surface area contributed by atoms with Gasteiger partial charge in [0.1, 0.15) is 0 Å². The van der Waals surface area contributed by atoms with E-state index in [0.29, 0.717) is 0 Å². The number of rotatable bonds is 3. The lowest BCUT2D eigenvalue weighted by molar-refractivity contribution is -0.00000402. The van der Waals surface area contributed by atoms with E-state index >= 15 is 0 Å². The van der Waals surface area contributed by atoms with Gasteiger partial charge in [0, 0.05) is 5.56 Å². The number of aryl methyl sites for hydroxylation is 1. The van der Waals surface area contributed by atoms with Crippen molar-refractivity contribution in [3.63, 3.8) is 0 Å². The smallest absolute Gasteiger partial charge is 0.169 e. The Balaban J connectivity index is 0.00000161. The summed E-state index contributed by atoms with van der Waals surface area (Å²) < 4.78 is 0. The zero-order valence-electron chi connectivity index (χ0n) is 11.9. The van der Waals surface area contributed by atoms with Crippen molar-refractivity contribution >= 4 is 10.9 Å². The minimum absolute atomic E-state index is 0. The first-order valence-corrected chi connectivity index (χ1v) is 7.99. The van der Waals surface area contributed by atoms with Gasteiger partial charge >= 0.3 is 0 Å². The zero-order valence-corrected chi connectivity index (χ0v) is 14.3. The molecule has 0 spiro atoms. The van der Waals surface area contributed by atoms with Crippen LogP contribution in [0.4, 0.5) is 0 Å². The van der Waals surface area contributed by atoms with E-state index in [1.165, 1.54) is 20.2 Å². The highest BCUT2D eigenvalue weighted by atomic mass is 79.9. The first-order valence-electron chi connectivity index (χ1n) is 6.76. The molecule has 0 amide bonds. The van der Waals surface area contributed by atoms with E-state index in [-0.39, 0.29) is 27.9 Å². The minimum atomic E-state index is -0.0262. The third-order valence-corrected chi connectivity index (χ3v) is 5.66. The van der Waals surface area contributed by atoms with Crippen molar-refractivity contribution in [3.8, 4) is 0 Å². The van der Waals surface area contributed by atoms with Crippen molar-refractivity contribution in [2.45, 2.75) is 21.6 Å². The van der Waals surface area contributed by atoms with Crippen LogP contribution in [0.15, 0.2) is 99.6 Å². The summed E-state index contributed by atoms with van der Waals surface area (Å²) in [7, 11) is -0.0262. The predicted molar refractivity (Wildman–Crippen MR) is 86.2 cm³/mol. The second-order valence-electron chi connectivity index (χ2n) is 4.70. The SMILES string of the molecule is Cc1ccccc1[S+](c1ccccc1)c1ccccc1.[Br-]. The van der Waals surface area contributed by atoms with Crippen LogP contribution >= 0.6 is 0 Å². The standard InChI is InChI=1S/C19H17S.BrH/c1-16-10-8-9-15-19(16)20(17-11-4-2-5-12-17)18-13-6-3-7-14-18;/h2-15H,1H3;1H/q+1;/p-1. The molecule has 0 bridgehead atoms. The number of hydrogen-bond acceptors (Lipinski definition) is 0. The van der Waals surface area contributed by atoms with Crippen molar-refractivity contribution in [2.75, 3.05) is 0 Å². The number of benzene rings is 3. The molecule has 0 saturated heterocycles. The fraction of sp³-hybridized carbons (Fsp3) is 0.0526. The molecule has 0 heterocycles. The van der Waals surface area contributed by atoms with Crippen LogP contribution in [0.25, 0.3) is 0 Å². The normalized spacial score (nSPS) is 10.2. The lowest BCUT2D eigenvalue weighted by Crippen LogP contribution is -3.00. The maximum Gasteiger partial charge on any atom is 0.169 e. The van der Waals surface area contributed by atoms with Gasteiger partial charge in [-0.15, -0.1) is 0 Å². The molecule has 0 saturated carbocycles. The third-order valence-electron chi connectivity index (χ3n) is 3.27. The third kappa shape index (κ3) is 3.58. The van der Waals surface area contributed by atoms with Crippen LogP contribution in [0.1, 0.15) is 5.56 Å². The largest absolute Gasteiger partial charge is 1.00 e. The van der Waals surface area contributed by atoms with E-state index < -0.39 is 0 Å². The molecule has 3 aromatic rings. The fourth-order valence-electron chi connectivity index (χ4n) is 2.29. The van der Waals surface area contributed by atoms with E-state index in [1.807, 2.05) is 0 Å². The lowest BCUT2D eigenvalue weighted by Gasteiger charge is -2.09. The van der Waals surface area contributed by atoms with Crippen molar-refractivity contribution < 1.29 is 17.0 Å². The number of halogens is 1. The summed E-state index contributed by atoms with van der Waals surface area (Å²) in [6.45, 7) is 2.20. The molecule has 21 heavy (non-hydrogen) atoms. The first kappa shape index (κ1) is 15.9. The average molecular weight is 357 g/mol. The summed E-state index contributed by atoms with van der Waals surface area (Å²) in [5.74, 6) is 0. The molecule has 0 aliphatic carbocycles. The Morgan fingerprint density at radius 1 is 0.571 bits per heavy atom. The Hall–Kier alpha value is -1.51. The van der Waals surface area contributed by atoms with Gasteiger partial charge in [0.05, 0.1) is 10.9 Å². The molecule has 0 radical (unpaired) electrons. The van der Waals surface area contributed by atoms with Gasteiger partial charge in [-0.1, -0.05) is 54.6 Å². The highest BCUT2D eigenvalue weighted by molar-refractivity contribution is 7.97. The first-order chi connectivity index (χ1) is 9.86. The quantitative estimate of drug-likeness (QED) is 0.630. The molecule has 3 rings (SSSR count). The Kier molecular flexibility index (Phi) is 5.66. The molecule has 106 valence electrons. The van der Waals surface area contributed by atoms with Gasteiger partial charge in [-0.25, -0.2) is 0 Å². The molecule has 0 fully saturated rings. The minimum Gasteiger partial charge on any atom is -1.00 e. The van der Waals surface area contributed by atoms with Gasteiger partial charge in [0.15, 0.2) is 14.7 Å². The molecular weight excluding hydrogens is 340 g/mol. The zero-order chi connectivity index (χ0) is 13.8. The topological polar surface area (TPSA) is 0 Å². The molecule has 0 aromatic heterocycles. The molecule has 0 aliphatic heterocycles. The second kappa shape index (κ2) is 7.48. The maximum absolute atomic E-state index is 2.25. The van der Waals surface area contributed by atoms with E-state index in [2.05, 4.69) is 91.9 Å². The fourth-order valence-corrected chi connectivity index (χ4v) is 4.53. The van der Waals surface area contributed by atoms with Gasteiger partial charge in [0.25, 0.3) is 0 Å². The molecule has 0 nitrogen and oxygen atoms in total. The summed E-state index contributed by atoms with van der Waals surface area (Å²) in [4.78, 5) is 4.14. The van der Waals surface area contributed by atoms with Gasteiger partial charge in [-0.05, 0) is 37.3 Å². The van der Waals surface area contributed by atoms with E-state index in [4.69, 9.17) is 0 Å². The maximum atomic E-state index is 2.25. The van der Waals surface area contributed by atoms with Crippen LogP contribution in [0.5, 0.6) is 0 Å². The van der Waals surface area contributed by atoms with Gasteiger partial charge in [-0.3, -0.25) is 0 Å². The number of hydrogen-bond donors (Lipinski definition) is 0. The van der Waals surface area contributed by atoms with Crippen LogP contribution in [0.3, 0.4) is 0 Å². The van der Waals surface area contributed by atoms with Gasteiger partial charge in [-0.2, -0.15) is 0 Å². The summed E-state index contributed by atoms with van der Waals surface area (Å²) in [6, 6.07) is 30.2. The van der Waals surface area contributed by atoms with Crippen molar-refractivity contribution in [3.05, 3.63) is 90.5 Å². The lowest BCUT2D eigenvalue weighted by atomic mass is 10.2. The van der Waals surface area contributed by atoms with Crippen LogP contribution in [0, 0.1) is 6.92 Å². The van der Waals surface area contributed by atoms with Crippen molar-refractivity contribution in [1.29, 1.82) is 0 Å². The average Bonchev–Trinajstić information content (AvgIpc) is 2.52. The molecule has 3 aromatic carbocycles. The van der Waals surface area contributed by atoms with Crippen LogP contribution in [0.2, 0.25) is 0 Å². The molecule has 0 N–H and O–H groups in total. The van der Waals surface area contributed by atoms with Crippen LogP contribution in [-0.2, 0) is 10.9 Å². The molecular formula is C19H17BrS. The summed E-state index contributed by atoms with van der Waals surface area (Å²) in [5, 5.41) is 0. The summed E-state index contributed by atoms with van der Waals surface area (Å²) in [5.41, 5.74) is 1.35. The second-order valence-corrected chi connectivity index (χ2v) is 6.69. The van der Waals surface area contributed by atoms with Crippen LogP contribution in [-0.4, -0.2) is 0 Å². The highest BCUT2D eigenvalue weighted by Gasteiger charge is 2.29. The van der Waals surface area contributed by atoms with E-state index in [9.17, 15) is 0 Å². The molecule has 0 atom stereocenters. The summed E-state index contributed by atoms with van der Waals surface area (Å²) in [6.07, 6.45) is 0. The Labute approximate surface area is 140 Å². The van der Waals surface area contributed by atoms with Crippen molar-refractivity contribution in [2.24, 2.45) is 0 Å². The molecule has 0 unspecified atom stereocenters. The summed E-state index contributed by atoms with van der Waals surface area (Å²) >= 11 is 0. The Morgan fingerprint density at radius 3 is 1.48 bits per heavy atom. The highest BCUT2D eigenvalue weighted by Crippen LogP contribution is 2.32. The van der Waals surface area contributed by atoms with Crippen molar-refractivity contribution in [1.82, 2.24) is 0 Å².